The van der Waals surface area contributed by atoms with E-state index >= 15 is 0 Å². The molecule has 0 aliphatic carbocycles. The normalized spacial score (nSPS) is 11.6. The van der Waals surface area contributed by atoms with Crippen molar-refractivity contribution in [3.8, 4) is 0 Å². The third-order valence-electron chi connectivity index (χ3n) is 1.91. The molecule has 1 nitrogen and oxygen atoms in total. The lowest BCUT2D eigenvalue weighted by atomic mass is 10.0. The average molecular weight is 299 g/mol. The van der Waals surface area contributed by atoms with Crippen molar-refractivity contribution in [3.05, 3.63) is 35.1 Å². The lowest BCUT2D eigenvalue weighted by Gasteiger charge is -2.11. The Morgan fingerprint density at radius 3 is 2.44 bits per heavy atom. The van der Waals surface area contributed by atoms with E-state index in [2.05, 4.69) is 15.9 Å². The minimum absolute atomic E-state index is 0.0608. The van der Waals surface area contributed by atoms with Crippen LogP contribution < -0.4 is 0 Å². The molecule has 0 saturated heterocycles. The van der Waals surface area contributed by atoms with Crippen molar-refractivity contribution < 1.29 is 22.4 Å². The van der Waals surface area contributed by atoms with E-state index in [9.17, 15) is 22.4 Å². The first-order chi connectivity index (χ1) is 7.36. The minimum Gasteiger partial charge on any atom is -0.294 e. The zero-order chi connectivity index (χ0) is 12.3. The predicted molar refractivity (Wildman–Crippen MR) is 54.1 cm³/mol. The highest BCUT2D eigenvalue weighted by molar-refractivity contribution is 9.09. The molecule has 16 heavy (non-hydrogen) atoms. The summed E-state index contributed by atoms with van der Waals surface area (Å²) < 4.78 is 50.2. The second-order valence-electron chi connectivity index (χ2n) is 3.05. The van der Waals surface area contributed by atoms with Crippen LogP contribution in [-0.4, -0.2) is 11.1 Å². The van der Waals surface area contributed by atoms with Gasteiger partial charge in [-0.25, -0.2) is 4.39 Å². The van der Waals surface area contributed by atoms with Crippen LogP contribution in [0, 0.1) is 5.82 Å². The molecule has 0 aliphatic rings. The molecular weight excluding hydrogens is 292 g/mol. The summed E-state index contributed by atoms with van der Waals surface area (Å²) in [4.78, 5) is 11.4. The maximum absolute atomic E-state index is 12.7. The van der Waals surface area contributed by atoms with Gasteiger partial charge in [0, 0.05) is 17.3 Å². The predicted octanol–water partition coefficient (Wildman–Crippen LogP) is 3.81. The summed E-state index contributed by atoms with van der Waals surface area (Å²) in [6.07, 6.45) is -4.78. The Hall–Kier alpha value is -0.910. The van der Waals surface area contributed by atoms with Crippen LogP contribution in [0.3, 0.4) is 0 Å². The number of benzene rings is 1. The molecule has 0 heterocycles. The number of halogens is 5. The second kappa shape index (κ2) is 4.95. The fourth-order valence-electron chi connectivity index (χ4n) is 1.21. The topological polar surface area (TPSA) is 17.1 Å². The van der Waals surface area contributed by atoms with E-state index in [1.165, 1.54) is 0 Å². The van der Waals surface area contributed by atoms with Crippen LogP contribution in [0.4, 0.5) is 17.6 Å². The number of carbonyl (C=O) groups is 1. The summed E-state index contributed by atoms with van der Waals surface area (Å²) in [5.41, 5.74) is -1.72. The minimum atomic E-state index is -4.72. The van der Waals surface area contributed by atoms with Gasteiger partial charge in [0.2, 0.25) is 0 Å². The molecule has 0 amide bonds. The third kappa shape index (κ3) is 3.04. The molecule has 6 heteroatoms. The SMILES string of the molecule is O=C(CCBr)c1ccc(F)cc1C(F)(F)F. The summed E-state index contributed by atoms with van der Waals surface area (Å²) in [5.74, 6) is -1.67. The maximum Gasteiger partial charge on any atom is 0.417 e. The highest BCUT2D eigenvalue weighted by Gasteiger charge is 2.35. The number of hydrogen-bond acceptors (Lipinski definition) is 1. The lowest BCUT2D eigenvalue weighted by molar-refractivity contribution is -0.138. The largest absolute Gasteiger partial charge is 0.417 e. The van der Waals surface area contributed by atoms with Crippen molar-refractivity contribution in [3.63, 3.8) is 0 Å². The first-order valence-corrected chi connectivity index (χ1v) is 5.44. The first kappa shape index (κ1) is 13.2. The van der Waals surface area contributed by atoms with Gasteiger partial charge < -0.3 is 0 Å². The summed E-state index contributed by atoms with van der Waals surface area (Å²) >= 11 is 2.96. The number of carbonyl (C=O) groups excluding carboxylic acids is 1. The van der Waals surface area contributed by atoms with Crippen molar-refractivity contribution >= 4 is 21.7 Å². The number of Topliss-reactive ketones (excluding diaryl/α,β-unsaturated/α-hetero) is 1. The third-order valence-corrected chi connectivity index (χ3v) is 2.31. The molecule has 0 aliphatic heterocycles. The van der Waals surface area contributed by atoms with Crippen molar-refractivity contribution in [2.24, 2.45) is 0 Å². The quantitative estimate of drug-likeness (QED) is 0.471. The van der Waals surface area contributed by atoms with Crippen LogP contribution in [0.1, 0.15) is 22.3 Å². The molecule has 0 unspecified atom stereocenters. The zero-order valence-electron chi connectivity index (χ0n) is 7.94. The van der Waals surface area contributed by atoms with E-state index in [4.69, 9.17) is 0 Å². The molecule has 1 aromatic rings. The van der Waals surface area contributed by atoms with Gasteiger partial charge in [-0.15, -0.1) is 0 Å². The Kier molecular flexibility index (Phi) is 4.07. The molecule has 88 valence electrons. The van der Waals surface area contributed by atoms with Gasteiger partial charge >= 0.3 is 6.18 Å². The Morgan fingerprint density at radius 2 is 1.94 bits per heavy atom. The molecule has 1 rings (SSSR count). The van der Waals surface area contributed by atoms with Gasteiger partial charge in [-0.1, -0.05) is 15.9 Å². The molecule has 0 radical (unpaired) electrons. The fraction of sp³-hybridized carbons (Fsp3) is 0.300. The number of alkyl halides is 4. The molecule has 0 aromatic heterocycles. The molecular formula is C10H7BrF4O. The summed E-state index contributed by atoms with van der Waals surface area (Å²) in [6.45, 7) is 0. The number of rotatable bonds is 3. The maximum atomic E-state index is 12.7. The molecule has 0 atom stereocenters. The van der Waals surface area contributed by atoms with Crippen LogP contribution in [0.5, 0.6) is 0 Å². The van der Waals surface area contributed by atoms with E-state index in [-0.39, 0.29) is 11.8 Å². The lowest BCUT2D eigenvalue weighted by Crippen LogP contribution is -2.13. The molecule has 0 N–H and O–H groups in total. The van der Waals surface area contributed by atoms with Gasteiger partial charge in [-0.2, -0.15) is 13.2 Å². The van der Waals surface area contributed by atoms with E-state index < -0.39 is 28.9 Å². The van der Waals surface area contributed by atoms with E-state index in [0.717, 1.165) is 12.1 Å². The molecule has 0 fully saturated rings. The molecule has 0 saturated carbocycles. The molecule has 0 bridgehead atoms. The van der Waals surface area contributed by atoms with Gasteiger partial charge in [0.1, 0.15) is 5.82 Å². The van der Waals surface area contributed by atoms with Crippen molar-refractivity contribution in [2.45, 2.75) is 12.6 Å². The summed E-state index contributed by atoms with van der Waals surface area (Å²) in [6, 6.07) is 2.04. The highest BCUT2D eigenvalue weighted by atomic mass is 79.9. The van der Waals surface area contributed by atoms with Crippen molar-refractivity contribution in [1.82, 2.24) is 0 Å². The Labute approximate surface area is 97.6 Å². The van der Waals surface area contributed by atoms with E-state index in [1.54, 1.807) is 0 Å². The average Bonchev–Trinajstić information content (AvgIpc) is 2.16. The number of ketones is 1. The van der Waals surface area contributed by atoms with Crippen LogP contribution in [0.15, 0.2) is 18.2 Å². The van der Waals surface area contributed by atoms with Gasteiger partial charge in [0.15, 0.2) is 5.78 Å². The van der Waals surface area contributed by atoms with Crippen LogP contribution >= 0.6 is 15.9 Å². The monoisotopic (exact) mass is 298 g/mol. The van der Waals surface area contributed by atoms with Crippen LogP contribution in [-0.2, 0) is 6.18 Å². The van der Waals surface area contributed by atoms with Gasteiger partial charge in [-0.3, -0.25) is 4.79 Å². The van der Waals surface area contributed by atoms with E-state index in [1.807, 2.05) is 0 Å². The van der Waals surface area contributed by atoms with E-state index in [0.29, 0.717) is 6.07 Å². The standard InChI is InChI=1S/C10H7BrF4O/c11-4-3-9(16)7-2-1-6(12)5-8(7)10(13,14)15/h1-2,5H,3-4H2. The zero-order valence-corrected chi connectivity index (χ0v) is 9.53. The molecule has 1 aromatic carbocycles. The van der Waals surface area contributed by atoms with Crippen LogP contribution in [0.2, 0.25) is 0 Å². The van der Waals surface area contributed by atoms with Gasteiger partial charge in [0.05, 0.1) is 5.56 Å². The fourth-order valence-corrected chi connectivity index (χ4v) is 1.57. The Balaban J connectivity index is 3.23. The van der Waals surface area contributed by atoms with Crippen LogP contribution in [0.25, 0.3) is 0 Å². The Morgan fingerprint density at radius 1 is 1.31 bits per heavy atom. The summed E-state index contributed by atoms with van der Waals surface area (Å²) in [5, 5.41) is 0.264. The van der Waals surface area contributed by atoms with Gasteiger partial charge in [-0.05, 0) is 18.2 Å². The summed E-state index contributed by atoms with van der Waals surface area (Å²) in [7, 11) is 0. The first-order valence-electron chi connectivity index (χ1n) is 4.32. The number of hydrogen-bond donors (Lipinski definition) is 0. The second-order valence-corrected chi connectivity index (χ2v) is 3.84. The van der Waals surface area contributed by atoms with Crippen molar-refractivity contribution in [2.75, 3.05) is 5.33 Å². The highest BCUT2D eigenvalue weighted by Crippen LogP contribution is 2.33. The van der Waals surface area contributed by atoms with Gasteiger partial charge in [0.25, 0.3) is 0 Å². The smallest absolute Gasteiger partial charge is 0.294 e. The van der Waals surface area contributed by atoms with Crippen molar-refractivity contribution in [1.29, 1.82) is 0 Å². The molecule has 0 spiro atoms. The Bertz CT molecular complexity index is 400.